The van der Waals surface area contributed by atoms with Gasteiger partial charge in [0, 0.05) is 12.6 Å². The second-order valence-corrected chi connectivity index (χ2v) is 3.47. The molecule has 0 spiro atoms. The number of alkyl halides is 3. The predicted molar refractivity (Wildman–Crippen MR) is 45.5 cm³/mol. The third-order valence-corrected chi connectivity index (χ3v) is 2.19. The molecule has 2 rings (SSSR count). The van der Waals surface area contributed by atoms with Crippen molar-refractivity contribution in [1.82, 2.24) is 9.78 Å². The summed E-state index contributed by atoms with van der Waals surface area (Å²) in [6.07, 6.45) is -4.19. The van der Waals surface area contributed by atoms with E-state index in [0.717, 1.165) is 0 Å². The number of hydrogen-bond acceptors (Lipinski definition) is 2. The molecule has 0 aromatic carbocycles. The highest BCUT2D eigenvalue weighted by Crippen LogP contribution is 2.27. The second-order valence-electron chi connectivity index (χ2n) is 3.09. The quantitative estimate of drug-likeness (QED) is 0.728. The molecule has 0 N–H and O–H groups in total. The summed E-state index contributed by atoms with van der Waals surface area (Å²) in [6.45, 7) is -0.161. The lowest BCUT2D eigenvalue weighted by atomic mass is 10.5. The Balaban J connectivity index is 2.17. The summed E-state index contributed by atoms with van der Waals surface area (Å²) in [5.41, 5.74) is 0. The van der Waals surface area contributed by atoms with Gasteiger partial charge in [-0.3, -0.25) is 0 Å². The van der Waals surface area contributed by atoms with Gasteiger partial charge < -0.3 is 4.90 Å². The van der Waals surface area contributed by atoms with Crippen molar-refractivity contribution in [3.05, 3.63) is 11.2 Å². The lowest BCUT2D eigenvalue weighted by Gasteiger charge is -2.18. The SMILES string of the molecule is FC(F)(F)CN1CCn2nc(Cl)cc21. The van der Waals surface area contributed by atoms with Crippen LogP contribution in [-0.4, -0.2) is 29.0 Å². The molecule has 0 fully saturated rings. The standard InChI is InChI=1S/C7H7ClF3N3/c8-5-3-6-13(4-7(9,10)11)1-2-14(6)12-5/h3H,1-2,4H2. The summed E-state index contributed by atoms with van der Waals surface area (Å²) >= 11 is 5.58. The van der Waals surface area contributed by atoms with Crippen LogP contribution in [0, 0.1) is 0 Å². The molecule has 7 heteroatoms. The number of fused-ring (bicyclic) bond motifs is 1. The smallest absolute Gasteiger partial charge is 0.346 e. The first-order chi connectivity index (χ1) is 6.46. The molecule has 0 atom stereocenters. The van der Waals surface area contributed by atoms with E-state index >= 15 is 0 Å². The minimum Gasteiger partial charge on any atom is -0.346 e. The number of aromatic nitrogens is 2. The molecule has 3 nitrogen and oxygen atoms in total. The van der Waals surface area contributed by atoms with E-state index in [4.69, 9.17) is 11.6 Å². The van der Waals surface area contributed by atoms with Crippen LogP contribution in [0.2, 0.25) is 5.15 Å². The number of anilines is 1. The van der Waals surface area contributed by atoms with E-state index in [2.05, 4.69) is 5.10 Å². The number of nitrogens with zero attached hydrogens (tertiary/aromatic N) is 3. The summed E-state index contributed by atoms with van der Waals surface area (Å²) in [5.74, 6) is 0.437. The maximum atomic E-state index is 12.1. The van der Waals surface area contributed by atoms with Gasteiger partial charge in [-0.15, -0.1) is 0 Å². The Bertz CT molecular complexity index is 346. The van der Waals surface area contributed by atoms with Gasteiger partial charge in [-0.05, 0) is 0 Å². The fraction of sp³-hybridized carbons (Fsp3) is 0.571. The molecule has 0 aliphatic carbocycles. The van der Waals surface area contributed by atoms with Crippen molar-refractivity contribution >= 4 is 17.4 Å². The normalized spacial score (nSPS) is 16.1. The molecule has 1 aliphatic heterocycles. The first kappa shape index (κ1) is 9.64. The van der Waals surface area contributed by atoms with E-state index in [1.165, 1.54) is 15.6 Å². The van der Waals surface area contributed by atoms with Crippen molar-refractivity contribution in [1.29, 1.82) is 0 Å². The van der Waals surface area contributed by atoms with Crippen molar-refractivity contribution in [2.24, 2.45) is 0 Å². The molecule has 1 aromatic heterocycles. The van der Waals surface area contributed by atoms with Crippen LogP contribution in [0.25, 0.3) is 0 Å². The van der Waals surface area contributed by atoms with Gasteiger partial charge in [-0.1, -0.05) is 11.6 Å². The Kier molecular flexibility index (Phi) is 2.10. The molecular formula is C7H7ClF3N3. The van der Waals surface area contributed by atoms with Crippen molar-refractivity contribution in [3.8, 4) is 0 Å². The maximum absolute atomic E-state index is 12.1. The third-order valence-electron chi connectivity index (χ3n) is 2.00. The molecule has 2 heterocycles. The van der Waals surface area contributed by atoms with Gasteiger partial charge in [-0.2, -0.15) is 18.3 Å². The van der Waals surface area contributed by atoms with E-state index in [9.17, 15) is 13.2 Å². The molecule has 0 unspecified atom stereocenters. The van der Waals surface area contributed by atoms with Crippen LogP contribution in [-0.2, 0) is 6.54 Å². The summed E-state index contributed by atoms with van der Waals surface area (Å²) in [5, 5.41) is 4.07. The van der Waals surface area contributed by atoms with E-state index in [1.54, 1.807) is 0 Å². The highest BCUT2D eigenvalue weighted by atomic mass is 35.5. The molecule has 1 aliphatic rings. The van der Waals surface area contributed by atoms with Crippen LogP contribution >= 0.6 is 11.6 Å². The zero-order chi connectivity index (χ0) is 10.3. The topological polar surface area (TPSA) is 21.1 Å². The zero-order valence-corrected chi connectivity index (χ0v) is 7.81. The van der Waals surface area contributed by atoms with Crippen molar-refractivity contribution in [2.45, 2.75) is 12.7 Å². The van der Waals surface area contributed by atoms with Gasteiger partial charge in [0.1, 0.15) is 12.4 Å². The number of rotatable bonds is 1. The lowest BCUT2D eigenvalue weighted by Crippen LogP contribution is -2.32. The summed E-state index contributed by atoms with van der Waals surface area (Å²) in [4.78, 5) is 1.22. The van der Waals surface area contributed by atoms with Crippen LogP contribution in [0.3, 0.4) is 0 Å². The Morgan fingerprint density at radius 1 is 1.43 bits per heavy atom. The lowest BCUT2D eigenvalue weighted by molar-refractivity contribution is -0.119. The Hall–Kier alpha value is -0.910. The van der Waals surface area contributed by atoms with E-state index in [-0.39, 0.29) is 5.15 Å². The fourth-order valence-electron chi connectivity index (χ4n) is 1.50. The van der Waals surface area contributed by atoms with Gasteiger partial charge in [0.25, 0.3) is 0 Å². The van der Waals surface area contributed by atoms with Gasteiger partial charge >= 0.3 is 6.18 Å². The molecule has 0 amide bonds. The van der Waals surface area contributed by atoms with Crippen LogP contribution in [0.5, 0.6) is 0 Å². The molecule has 0 saturated heterocycles. The summed E-state index contributed by atoms with van der Waals surface area (Å²) in [7, 11) is 0. The average Bonchev–Trinajstić information content (AvgIpc) is 2.49. The minimum atomic E-state index is -4.19. The highest BCUT2D eigenvalue weighted by Gasteiger charge is 2.34. The van der Waals surface area contributed by atoms with Gasteiger partial charge in [-0.25, -0.2) is 4.68 Å². The van der Waals surface area contributed by atoms with E-state index in [1.807, 2.05) is 0 Å². The molecule has 0 radical (unpaired) electrons. The second kappa shape index (κ2) is 3.05. The Morgan fingerprint density at radius 3 is 2.79 bits per heavy atom. The molecule has 0 bridgehead atoms. The molecule has 14 heavy (non-hydrogen) atoms. The Labute approximate surface area is 83.1 Å². The van der Waals surface area contributed by atoms with Gasteiger partial charge in [0.15, 0.2) is 5.15 Å². The monoisotopic (exact) mass is 225 g/mol. The highest BCUT2D eigenvalue weighted by molar-refractivity contribution is 6.29. The summed E-state index contributed by atoms with van der Waals surface area (Å²) < 4.78 is 37.8. The van der Waals surface area contributed by atoms with Gasteiger partial charge in [0.2, 0.25) is 0 Å². The summed E-state index contributed by atoms with van der Waals surface area (Å²) in [6, 6.07) is 1.44. The number of halogens is 4. The van der Waals surface area contributed by atoms with E-state index in [0.29, 0.717) is 18.9 Å². The third kappa shape index (κ3) is 1.79. The zero-order valence-electron chi connectivity index (χ0n) is 7.05. The first-order valence-electron chi connectivity index (χ1n) is 4.01. The predicted octanol–water partition coefficient (Wildman–Crippen LogP) is 1.92. The van der Waals surface area contributed by atoms with E-state index < -0.39 is 12.7 Å². The van der Waals surface area contributed by atoms with Crippen molar-refractivity contribution in [2.75, 3.05) is 18.0 Å². The average molecular weight is 226 g/mol. The minimum absolute atomic E-state index is 0.229. The number of hydrogen-bond donors (Lipinski definition) is 0. The molecule has 1 aromatic rings. The maximum Gasteiger partial charge on any atom is 0.405 e. The van der Waals surface area contributed by atoms with Gasteiger partial charge in [0.05, 0.1) is 6.54 Å². The van der Waals surface area contributed by atoms with Crippen LogP contribution < -0.4 is 4.90 Å². The van der Waals surface area contributed by atoms with Crippen LogP contribution in [0.1, 0.15) is 0 Å². The van der Waals surface area contributed by atoms with Crippen LogP contribution in [0.15, 0.2) is 6.07 Å². The molecule has 0 saturated carbocycles. The molecular weight excluding hydrogens is 219 g/mol. The first-order valence-corrected chi connectivity index (χ1v) is 4.38. The Morgan fingerprint density at radius 2 is 2.14 bits per heavy atom. The fourth-order valence-corrected chi connectivity index (χ4v) is 1.69. The molecule has 78 valence electrons. The largest absolute Gasteiger partial charge is 0.405 e. The van der Waals surface area contributed by atoms with Crippen LogP contribution in [0.4, 0.5) is 19.0 Å². The van der Waals surface area contributed by atoms with Crippen molar-refractivity contribution < 1.29 is 13.2 Å². The van der Waals surface area contributed by atoms with Crippen molar-refractivity contribution in [3.63, 3.8) is 0 Å².